The van der Waals surface area contributed by atoms with Crippen LogP contribution in [-0.2, 0) is 30.3 Å². The average Bonchev–Trinajstić information content (AvgIpc) is 3.48. The smallest absolute Gasteiger partial charge is 0.338 e. The van der Waals surface area contributed by atoms with Gasteiger partial charge in [-0.1, -0.05) is 37.8 Å². The van der Waals surface area contributed by atoms with Gasteiger partial charge in [0.15, 0.2) is 6.10 Å². The maximum absolute atomic E-state index is 12.8. The number of ether oxygens (including phenoxy) is 4. The SMILES string of the molecule is CCN(Cc1cc(C(=O)OC(COC(C)=O)COC(C)=O)cc(Br)c1N)C1CCCCC1.COc1ccc2c(c1)cc(C)n2C(=O)c1ccc(Cl)cc1. The number of aromatic nitrogens is 1. The monoisotopic (exact) mass is 811 g/mol. The number of hydrogen-bond donors (Lipinski definition) is 1. The van der Waals surface area contributed by atoms with Crippen LogP contribution in [0.15, 0.2) is 65.1 Å². The van der Waals surface area contributed by atoms with Gasteiger partial charge < -0.3 is 24.7 Å². The Morgan fingerprint density at radius 2 is 1.57 bits per heavy atom. The van der Waals surface area contributed by atoms with Crippen LogP contribution >= 0.6 is 27.5 Å². The van der Waals surface area contributed by atoms with Gasteiger partial charge >= 0.3 is 17.9 Å². The molecule has 1 aliphatic rings. The minimum atomic E-state index is -0.913. The lowest BCUT2D eigenvalue weighted by atomic mass is 9.93. The summed E-state index contributed by atoms with van der Waals surface area (Å²) in [6.45, 7) is 7.66. The minimum Gasteiger partial charge on any atom is -0.497 e. The van der Waals surface area contributed by atoms with Gasteiger partial charge in [-0.15, -0.1) is 0 Å². The van der Waals surface area contributed by atoms with Gasteiger partial charge in [-0.05, 0) is 108 Å². The molecule has 0 saturated heterocycles. The number of methoxy groups -OCH3 is 1. The van der Waals surface area contributed by atoms with E-state index in [0.29, 0.717) is 38.9 Å². The van der Waals surface area contributed by atoms with Gasteiger partial charge in [-0.25, -0.2) is 4.79 Å². The Kier molecular flexibility index (Phi) is 15.3. The van der Waals surface area contributed by atoms with Gasteiger partial charge in [0.1, 0.15) is 19.0 Å². The fourth-order valence-electron chi connectivity index (χ4n) is 6.29. The highest BCUT2D eigenvalue weighted by atomic mass is 79.9. The number of nitrogens with two attached hydrogens (primary N) is 1. The molecule has 1 aliphatic carbocycles. The van der Waals surface area contributed by atoms with E-state index < -0.39 is 24.0 Å². The zero-order valence-electron chi connectivity index (χ0n) is 30.8. The molecule has 5 rings (SSSR count). The lowest BCUT2D eigenvalue weighted by Crippen LogP contribution is -2.36. The molecule has 1 aromatic heterocycles. The molecule has 4 aromatic rings. The second-order valence-corrected chi connectivity index (χ2v) is 14.2. The zero-order valence-corrected chi connectivity index (χ0v) is 33.1. The number of esters is 3. The number of halogens is 2. The third-order valence-electron chi connectivity index (χ3n) is 9.03. The number of fused-ring (bicyclic) bond motifs is 1. The number of rotatable bonds is 12. The van der Waals surface area contributed by atoms with Crippen molar-refractivity contribution in [1.82, 2.24) is 9.47 Å². The molecule has 0 bridgehead atoms. The van der Waals surface area contributed by atoms with E-state index in [9.17, 15) is 19.2 Å². The van der Waals surface area contributed by atoms with Crippen molar-refractivity contribution in [2.24, 2.45) is 0 Å². The molecule has 1 fully saturated rings. The molecule has 0 aliphatic heterocycles. The number of nitrogens with zero attached hydrogens (tertiary/aromatic N) is 2. The summed E-state index contributed by atoms with van der Waals surface area (Å²) in [4.78, 5) is 50.2. The first-order chi connectivity index (χ1) is 25.3. The molecule has 11 nitrogen and oxygen atoms in total. The van der Waals surface area contributed by atoms with Gasteiger partial charge in [0.05, 0.1) is 23.9 Å². The van der Waals surface area contributed by atoms with Crippen molar-refractivity contribution in [1.29, 1.82) is 0 Å². The van der Waals surface area contributed by atoms with E-state index in [-0.39, 0.29) is 19.1 Å². The van der Waals surface area contributed by atoms with Crippen LogP contribution in [0, 0.1) is 6.92 Å². The highest BCUT2D eigenvalue weighted by Gasteiger charge is 2.24. The van der Waals surface area contributed by atoms with Crippen molar-refractivity contribution in [3.8, 4) is 5.75 Å². The summed E-state index contributed by atoms with van der Waals surface area (Å²) in [5.74, 6) is -0.942. The topological polar surface area (TPSA) is 139 Å². The van der Waals surface area contributed by atoms with Crippen LogP contribution in [0.2, 0.25) is 5.02 Å². The molecule has 53 heavy (non-hydrogen) atoms. The second-order valence-electron chi connectivity index (χ2n) is 12.9. The van der Waals surface area contributed by atoms with Crippen molar-refractivity contribution in [2.75, 3.05) is 32.6 Å². The number of carbonyl (C=O) groups excluding carboxylic acids is 4. The van der Waals surface area contributed by atoms with E-state index in [4.69, 9.17) is 36.3 Å². The first kappa shape index (κ1) is 41.4. The number of hydrogen-bond acceptors (Lipinski definition) is 10. The van der Waals surface area contributed by atoms with E-state index in [1.165, 1.54) is 46.0 Å². The first-order valence-corrected chi connectivity index (χ1v) is 18.7. The molecule has 0 unspecified atom stereocenters. The minimum absolute atomic E-state index is 0.0654. The normalized spacial score (nSPS) is 13.0. The molecule has 284 valence electrons. The molecule has 0 spiro atoms. The van der Waals surface area contributed by atoms with Crippen LogP contribution in [-0.4, -0.2) is 72.3 Å². The van der Waals surface area contributed by atoms with E-state index in [1.54, 1.807) is 48.1 Å². The Labute approximate surface area is 323 Å². The fraction of sp³-hybridized carbons (Fsp3) is 0.400. The molecule has 13 heteroatoms. The molecule has 3 aromatic carbocycles. The summed E-state index contributed by atoms with van der Waals surface area (Å²) in [6, 6.07) is 18.4. The highest BCUT2D eigenvalue weighted by Crippen LogP contribution is 2.30. The predicted molar refractivity (Wildman–Crippen MR) is 208 cm³/mol. The van der Waals surface area contributed by atoms with E-state index >= 15 is 0 Å². The van der Waals surface area contributed by atoms with Crippen molar-refractivity contribution in [2.45, 2.75) is 78.5 Å². The van der Waals surface area contributed by atoms with Crippen LogP contribution in [0.3, 0.4) is 0 Å². The largest absolute Gasteiger partial charge is 0.497 e. The lowest BCUT2D eigenvalue weighted by molar-refractivity contribution is -0.150. The van der Waals surface area contributed by atoms with Gasteiger partial charge in [0.25, 0.3) is 5.91 Å². The van der Waals surface area contributed by atoms with Crippen LogP contribution in [0.1, 0.15) is 84.8 Å². The maximum Gasteiger partial charge on any atom is 0.338 e. The Bertz CT molecular complexity index is 1890. The van der Waals surface area contributed by atoms with Gasteiger partial charge in [-0.3, -0.25) is 23.9 Å². The van der Waals surface area contributed by atoms with Crippen molar-refractivity contribution >= 4 is 67.9 Å². The predicted octanol–water partition coefficient (Wildman–Crippen LogP) is 8.14. The van der Waals surface area contributed by atoms with Crippen molar-refractivity contribution < 1.29 is 38.1 Å². The fourth-order valence-corrected chi connectivity index (χ4v) is 6.92. The summed E-state index contributed by atoms with van der Waals surface area (Å²) in [6.07, 6.45) is 5.18. The standard InChI is InChI=1S/C23H33BrN2O6.C17H14ClNO2/c1-4-26(19-8-6-5-7-9-19)12-18-10-17(11-21(24)22(18)25)23(29)32-20(13-30-15(2)27)14-31-16(3)28;1-11-9-13-10-15(21-2)7-8-16(13)19(11)17(20)12-3-5-14(18)6-4-12/h10-11,19-20H,4-9,12-14,25H2,1-3H3;3-10H,1-2H3. The average molecular weight is 813 g/mol. The summed E-state index contributed by atoms with van der Waals surface area (Å²) in [5, 5.41) is 1.60. The Hall–Kier alpha value is -4.39. The molecule has 0 radical (unpaired) electrons. The summed E-state index contributed by atoms with van der Waals surface area (Å²) in [5.41, 5.74) is 10.4. The molecule has 0 atom stereocenters. The lowest BCUT2D eigenvalue weighted by Gasteiger charge is -2.34. The molecule has 1 saturated carbocycles. The summed E-state index contributed by atoms with van der Waals surface area (Å²) >= 11 is 9.32. The Morgan fingerprint density at radius 1 is 0.925 bits per heavy atom. The van der Waals surface area contributed by atoms with Gasteiger partial charge in [-0.2, -0.15) is 0 Å². The number of nitrogen functional groups attached to an aromatic ring is 1. The number of benzene rings is 3. The van der Waals surface area contributed by atoms with Crippen molar-refractivity contribution in [3.05, 3.63) is 92.5 Å². The van der Waals surface area contributed by atoms with Crippen LogP contribution < -0.4 is 10.5 Å². The number of anilines is 1. The molecule has 2 N–H and O–H groups in total. The zero-order chi connectivity index (χ0) is 38.7. The van der Waals surface area contributed by atoms with Gasteiger partial charge in [0, 0.05) is 52.6 Å². The molecular weight excluding hydrogens is 766 g/mol. The first-order valence-electron chi connectivity index (χ1n) is 17.6. The van der Waals surface area contributed by atoms with E-state index in [2.05, 4.69) is 27.8 Å². The van der Waals surface area contributed by atoms with E-state index in [0.717, 1.165) is 34.5 Å². The second kappa shape index (κ2) is 19.6. The summed E-state index contributed by atoms with van der Waals surface area (Å²) in [7, 11) is 1.63. The molecular formula is C40H47BrClN3O8. The number of carbonyl (C=O) groups is 4. The summed E-state index contributed by atoms with van der Waals surface area (Å²) < 4.78 is 22.9. The maximum atomic E-state index is 12.8. The van der Waals surface area contributed by atoms with Crippen LogP contribution in [0.25, 0.3) is 10.9 Å². The molecule has 0 amide bonds. The molecule has 1 heterocycles. The van der Waals surface area contributed by atoms with Crippen LogP contribution in [0.5, 0.6) is 5.75 Å². The Balaban J connectivity index is 0.000000256. The van der Waals surface area contributed by atoms with Crippen LogP contribution in [0.4, 0.5) is 5.69 Å². The van der Waals surface area contributed by atoms with E-state index in [1.807, 2.05) is 31.2 Å². The van der Waals surface area contributed by atoms with Gasteiger partial charge in [0.2, 0.25) is 0 Å². The number of aryl methyl sites for hydroxylation is 1. The quantitative estimate of drug-likeness (QED) is 0.0848. The Morgan fingerprint density at radius 3 is 2.15 bits per heavy atom. The third kappa shape index (κ3) is 11.5. The third-order valence-corrected chi connectivity index (χ3v) is 9.94. The van der Waals surface area contributed by atoms with Crippen molar-refractivity contribution in [3.63, 3.8) is 0 Å². The highest BCUT2D eigenvalue weighted by molar-refractivity contribution is 9.10.